The molecule has 9 heteroatoms. The molecule has 1 aliphatic rings. The molecule has 1 fully saturated rings. The van der Waals surface area contributed by atoms with Gasteiger partial charge in [-0.3, -0.25) is 4.90 Å². The standard InChI is InChI=1S/C29H30F3NO5/c1-19(15-20-9-11-23(12-10-20)38-18-27(35)36-2)33-13-14-37-26(17-33)28-24(7-4-8-25(28)34)21-5-3-6-22(16-21)29(30,31)32/h3-12,16,19,26,34H,13-15,17-18H2,1-2H3. The largest absolute Gasteiger partial charge is 0.508 e. The van der Waals surface area contributed by atoms with E-state index in [1.165, 1.54) is 19.2 Å². The normalized spacial score (nSPS) is 17.1. The van der Waals surface area contributed by atoms with Gasteiger partial charge in [0.05, 0.1) is 25.4 Å². The molecule has 2 atom stereocenters. The number of methoxy groups -OCH3 is 1. The highest BCUT2D eigenvalue weighted by Gasteiger charge is 2.32. The molecule has 38 heavy (non-hydrogen) atoms. The molecule has 3 aromatic rings. The third-order valence-electron chi connectivity index (χ3n) is 6.67. The molecule has 1 saturated heterocycles. The van der Waals surface area contributed by atoms with E-state index in [4.69, 9.17) is 9.47 Å². The van der Waals surface area contributed by atoms with Crippen molar-refractivity contribution < 1.29 is 37.3 Å². The number of alkyl halides is 3. The molecule has 0 amide bonds. The molecule has 0 saturated carbocycles. The van der Waals surface area contributed by atoms with Gasteiger partial charge in [0.1, 0.15) is 11.5 Å². The van der Waals surface area contributed by atoms with Crippen molar-refractivity contribution in [3.63, 3.8) is 0 Å². The number of phenols is 1. The van der Waals surface area contributed by atoms with Gasteiger partial charge >= 0.3 is 12.1 Å². The van der Waals surface area contributed by atoms with Crippen LogP contribution in [0.2, 0.25) is 0 Å². The number of rotatable bonds is 8. The van der Waals surface area contributed by atoms with Gasteiger partial charge in [0.15, 0.2) is 6.61 Å². The van der Waals surface area contributed by atoms with Crippen molar-refractivity contribution >= 4 is 5.97 Å². The molecule has 6 nitrogen and oxygen atoms in total. The van der Waals surface area contributed by atoms with Gasteiger partial charge in [-0.2, -0.15) is 13.2 Å². The summed E-state index contributed by atoms with van der Waals surface area (Å²) in [7, 11) is 1.30. The molecule has 0 bridgehead atoms. The monoisotopic (exact) mass is 529 g/mol. The van der Waals surface area contributed by atoms with Crippen molar-refractivity contribution in [3.8, 4) is 22.6 Å². The van der Waals surface area contributed by atoms with Crippen LogP contribution in [0.5, 0.6) is 11.5 Å². The highest BCUT2D eigenvalue weighted by atomic mass is 19.4. The molecule has 3 aromatic carbocycles. The maximum Gasteiger partial charge on any atom is 0.416 e. The topological polar surface area (TPSA) is 68.2 Å². The van der Waals surface area contributed by atoms with Crippen molar-refractivity contribution in [2.75, 3.05) is 33.4 Å². The number of halogens is 3. The Morgan fingerprint density at radius 2 is 1.87 bits per heavy atom. The van der Waals surface area contributed by atoms with E-state index in [0.29, 0.717) is 42.1 Å². The minimum absolute atomic E-state index is 0.0121. The van der Waals surface area contributed by atoms with Crippen LogP contribution in [0, 0.1) is 0 Å². The zero-order chi connectivity index (χ0) is 27.3. The second-order valence-electron chi connectivity index (χ2n) is 9.23. The van der Waals surface area contributed by atoms with E-state index in [9.17, 15) is 23.1 Å². The fourth-order valence-corrected chi connectivity index (χ4v) is 4.64. The summed E-state index contributed by atoms with van der Waals surface area (Å²) < 4.78 is 56.0. The minimum Gasteiger partial charge on any atom is -0.508 e. The number of carbonyl (C=O) groups excluding carboxylic acids is 1. The number of morpholine rings is 1. The molecule has 202 valence electrons. The number of hydrogen-bond donors (Lipinski definition) is 1. The van der Waals surface area contributed by atoms with Crippen LogP contribution in [-0.2, 0) is 26.9 Å². The molecule has 0 aromatic heterocycles. The van der Waals surface area contributed by atoms with E-state index in [1.807, 2.05) is 12.1 Å². The number of esters is 1. The Morgan fingerprint density at radius 3 is 2.58 bits per heavy atom. The van der Waals surface area contributed by atoms with Gasteiger partial charge in [0, 0.05) is 24.7 Å². The Kier molecular flexibility index (Phi) is 8.58. The maximum atomic E-state index is 13.3. The predicted octanol–water partition coefficient (Wildman–Crippen LogP) is 5.63. The van der Waals surface area contributed by atoms with Gasteiger partial charge < -0.3 is 19.3 Å². The van der Waals surface area contributed by atoms with Gasteiger partial charge in [0.25, 0.3) is 0 Å². The van der Waals surface area contributed by atoms with Crippen LogP contribution in [0.1, 0.15) is 29.7 Å². The Labute approximate surface area is 219 Å². The molecular weight excluding hydrogens is 499 g/mol. The quantitative estimate of drug-likeness (QED) is 0.382. The summed E-state index contributed by atoms with van der Waals surface area (Å²) in [6.45, 7) is 3.53. The first kappa shape index (κ1) is 27.5. The van der Waals surface area contributed by atoms with Gasteiger partial charge in [-0.25, -0.2) is 4.79 Å². The maximum absolute atomic E-state index is 13.3. The molecule has 2 unspecified atom stereocenters. The van der Waals surface area contributed by atoms with Gasteiger partial charge in [0.2, 0.25) is 0 Å². The van der Waals surface area contributed by atoms with Gasteiger partial charge in [-0.1, -0.05) is 36.4 Å². The van der Waals surface area contributed by atoms with Crippen LogP contribution in [0.25, 0.3) is 11.1 Å². The van der Waals surface area contributed by atoms with E-state index in [-0.39, 0.29) is 18.4 Å². The third kappa shape index (κ3) is 6.65. The second-order valence-corrected chi connectivity index (χ2v) is 9.23. The number of hydrogen-bond acceptors (Lipinski definition) is 6. The number of ether oxygens (including phenoxy) is 3. The Bertz CT molecular complexity index is 1250. The van der Waals surface area contributed by atoms with E-state index < -0.39 is 23.8 Å². The Balaban J connectivity index is 1.48. The summed E-state index contributed by atoms with van der Waals surface area (Å²) in [4.78, 5) is 13.5. The lowest BCUT2D eigenvalue weighted by Gasteiger charge is -2.38. The van der Waals surface area contributed by atoms with Gasteiger partial charge in [-0.15, -0.1) is 0 Å². The van der Waals surface area contributed by atoms with Crippen LogP contribution in [0.3, 0.4) is 0 Å². The lowest BCUT2D eigenvalue weighted by atomic mass is 9.93. The van der Waals surface area contributed by atoms with Crippen molar-refractivity contribution in [1.29, 1.82) is 0 Å². The number of carbonyl (C=O) groups is 1. The van der Waals surface area contributed by atoms with Crippen molar-refractivity contribution in [3.05, 3.63) is 83.4 Å². The highest BCUT2D eigenvalue weighted by molar-refractivity contribution is 5.71. The average molecular weight is 530 g/mol. The van der Waals surface area contributed by atoms with Crippen molar-refractivity contribution in [1.82, 2.24) is 4.90 Å². The van der Waals surface area contributed by atoms with Crippen LogP contribution in [-0.4, -0.2) is 55.4 Å². The van der Waals surface area contributed by atoms with E-state index >= 15 is 0 Å². The summed E-state index contributed by atoms with van der Waals surface area (Å²) in [5.41, 5.74) is 1.70. The predicted molar refractivity (Wildman–Crippen MR) is 136 cm³/mol. The first-order chi connectivity index (χ1) is 18.2. The Hall–Kier alpha value is -3.56. The smallest absolute Gasteiger partial charge is 0.416 e. The van der Waals surface area contributed by atoms with Crippen LogP contribution >= 0.6 is 0 Å². The van der Waals surface area contributed by atoms with Crippen LogP contribution < -0.4 is 4.74 Å². The molecule has 1 heterocycles. The van der Waals surface area contributed by atoms with E-state index in [0.717, 1.165) is 24.1 Å². The number of phenolic OH excluding ortho intramolecular Hbond substituents is 1. The highest BCUT2D eigenvalue weighted by Crippen LogP contribution is 2.40. The second kappa shape index (κ2) is 11.9. The molecular formula is C29H30F3NO5. The minimum atomic E-state index is -4.47. The van der Waals surface area contributed by atoms with E-state index in [1.54, 1.807) is 30.3 Å². The molecule has 1 aliphatic heterocycles. The number of benzene rings is 3. The molecule has 0 radical (unpaired) electrons. The van der Waals surface area contributed by atoms with Crippen molar-refractivity contribution in [2.45, 2.75) is 31.7 Å². The molecule has 0 aliphatic carbocycles. The lowest BCUT2D eigenvalue weighted by molar-refractivity contribution is -0.143. The zero-order valence-corrected chi connectivity index (χ0v) is 21.2. The first-order valence-corrected chi connectivity index (χ1v) is 12.3. The third-order valence-corrected chi connectivity index (χ3v) is 6.67. The number of nitrogens with zero attached hydrogens (tertiary/aromatic N) is 1. The SMILES string of the molecule is COC(=O)COc1ccc(CC(C)N2CCOC(c3c(O)cccc3-c3cccc(C(F)(F)F)c3)C2)cc1. The van der Waals surface area contributed by atoms with Crippen LogP contribution in [0.4, 0.5) is 13.2 Å². The molecule has 4 rings (SSSR count). The summed E-state index contributed by atoms with van der Waals surface area (Å²) in [5, 5.41) is 10.8. The van der Waals surface area contributed by atoms with Gasteiger partial charge in [-0.05, 0) is 60.4 Å². The summed E-state index contributed by atoms with van der Waals surface area (Å²) in [6, 6.07) is 17.6. The fraction of sp³-hybridized carbons (Fsp3) is 0.345. The Morgan fingerprint density at radius 1 is 1.13 bits per heavy atom. The van der Waals surface area contributed by atoms with Crippen molar-refractivity contribution in [2.24, 2.45) is 0 Å². The average Bonchev–Trinajstić information content (AvgIpc) is 2.92. The zero-order valence-electron chi connectivity index (χ0n) is 21.2. The first-order valence-electron chi connectivity index (χ1n) is 12.3. The van der Waals surface area contributed by atoms with E-state index in [2.05, 4.69) is 16.6 Å². The molecule has 0 spiro atoms. The summed E-state index contributed by atoms with van der Waals surface area (Å²) in [6.07, 6.45) is -4.23. The lowest BCUT2D eigenvalue weighted by Crippen LogP contribution is -2.44. The molecule has 1 N–H and O–H groups in total. The fourth-order valence-electron chi connectivity index (χ4n) is 4.64. The summed E-state index contributed by atoms with van der Waals surface area (Å²) in [5.74, 6) is 0.104. The summed E-state index contributed by atoms with van der Waals surface area (Å²) >= 11 is 0. The van der Waals surface area contributed by atoms with Crippen LogP contribution in [0.15, 0.2) is 66.7 Å². The number of aromatic hydroxyl groups is 1.